The Hall–Kier alpha value is -1.09. The van der Waals surface area contributed by atoms with E-state index >= 15 is 0 Å². The molecule has 0 bridgehead atoms. The molecule has 0 amide bonds. The van der Waals surface area contributed by atoms with E-state index in [-0.39, 0.29) is 5.82 Å². The fourth-order valence-electron chi connectivity index (χ4n) is 3.51. The molecule has 2 fully saturated rings. The van der Waals surface area contributed by atoms with E-state index in [9.17, 15) is 9.50 Å². The highest BCUT2D eigenvalue weighted by atomic mass is 19.1. The molecule has 3 heteroatoms. The van der Waals surface area contributed by atoms with E-state index in [0.29, 0.717) is 30.1 Å². The standard InChI is InChI=1S/C16H21FO2/c1-19-13-6-7-14(15(17)9-13)16(18)8-2-3-12(10-16)11-4-5-11/h6-7,9,11-12,18H,2-5,8,10H2,1H3. The van der Waals surface area contributed by atoms with Crippen LogP contribution in [0.3, 0.4) is 0 Å². The third-order valence-corrected chi connectivity index (χ3v) is 4.73. The van der Waals surface area contributed by atoms with Crippen LogP contribution < -0.4 is 4.74 Å². The Labute approximate surface area is 113 Å². The van der Waals surface area contributed by atoms with Crippen LogP contribution in [-0.4, -0.2) is 12.2 Å². The molecule has 1 aromatic carbocycles. The summed E-state index contributed by atoms with van der Waals surface area (Å²) in [5.74, 6) is 1.49. The molecule has 0 radical (unpaired) electrons. The topological polar surface area (TPSA) is 29.5 Å². The van der Waals surface area contributed by atoms with E-state index in [2.05, 4.69) is 0 Å². The van der Waals surface area contributed by atoms with Gasteiger partial charge in [0.1, 0.15) is 11.6 Å². The SMILES string of the molecule is COc1ccc(C2(O)CCCC(C3CC3)C2)c(F)c1. The van der Waals surface area contributed by atoms with Crippen molar-refractivity contribution < 1.29 is 14.2 Å². The minimum absolute atomic E-state index is 0.349. The molecule has 2 aliphatic carbocycles. The predicted octanol–water partition coefficient (Wildman–Crippen LogP) is 3.62. The van der Waals surface area contributed by atoms with Crippen molar-refractivity contribution in [1.82, 2.24) is 0 Å². The van der Waals surface area contributed by atoms with E-state index < -0.39 is 5.60 Å². The molecule has 2 nitrogen and oxygen atoms in total. The van der Waals surface area contributed by atoms with Crippen molar-refractivity contribution in [3.05, 3.63) is 29.6 Å². The molecule has 2 atom stereocenters. The largest absolute Gasteiger partial charge is 0.497 e. The van der Waals surface area contributed by atoms with Crippen molar-refractivity contribution in [1.29, 1.82) is 0 Å². The summed E-state index contributed by atoms with van der Waals surface area (Å²) in [6.07, 6.45) is 6.12. The minimum atomic E-state index is -0.984. The maximum Gasteiger partial charge on any atom is 0.132 e. The van der Waals surface area contributed by atoms with Crippen molar-refractivity contribution in [2.45, 2.75) is 44.1 Å². The molecule has 19 heavy (non-hydrogen) atoms. The molecule has 3 rings (SSSR count). The smallest absolute Gasteiger partial charge is 0.132 e. The van der Waals surface area contributed by atoms with Crippen molar-refractivity contribution in [3.8, 4) is 5.75 Å². The molecule has 104 valence electrons. The van der Waals surface area contributed by atoms with Crippen molar-refractivity contribution in [3.63, 3.8) is 0 Å². The number of hydrogen-bond acceptors (Lipinski definition) is 2. The van der Waals surface area contributed by atoms with Gasteiger partial charge in [0.2, 0.25) is 0 Å². The van der Waals surface area contributed by atoms with Crippen LogP contribution in [0.4, 0.5) is 4.39 Å². The van der Waals surface area contributed by atoms with Crippen molar-refractivity contribution in [2.75, 3.05) is 7.11 Å². The normalized spacial score (nSPS) is 31.2. The van der Waals surface area contributed by atoms with E-state index in [4.69, 9.17) is 4.74 Å². The predicted molar refractivity (Wildman–Crippen MR) is 71.5 cm³/mol. The highest BCUT2D eigenvalue weighted by Crippen LogP contribution is 2.49. The van der Waals surface area contributed by atoms with Crippen molar-refractivity contribution >= 4 is 0 Å². The average molecular weight is 264 g/mol. The molecular weight excluding hydrogens is 243 g/mol. The Morgan fingerprint density at radius 3 is 2.68 bits per heavy atom. The van der Waals surface area contributed by atoms with Crippen LogP contribution in [0.1, 0.15) is 44.1 Å². The quantitative estimate of drug-likeness (QED) is 0.903. The monoisotopic (exact) mass is 264 g/mol. The number of aliphatic hydroxyl groups is 1. The first-order valence-corrected chi connectivity index (χ1v) is 7.19. The number of rotatable bonds is 3. The molecular formula is C16H21FO2. The summed E-state index contributed by atoms with van der Waals surface area (Å²) in [6.45, 7) is 0. The van der Waals surface area contributed by atoms with Crippen LogP contribution in [0.5, 0.6) is 5.75 Å². The molecule has 2 saturated carbocycles. The maximum atomic E-state index is 14.2. The van der Waals surface area contributed by atoms with Gasteiger partial charge in [-0.1, -0.05) is 0 Å². The van der Waals surface area contributed by atoms with Crippen LogP contribution in [0.25, 0.3) is 0 Å². The van der Waals surface area contributed by atoms with Gasteiger partial charge in [0.25, 0.3) is 0 Å². The van der Waals surface area contributed by atoms with Gasteiger partial charge in [-0.05, 0) is 62.5 Å². The maximum absolute atomic E-state index is 14.2. The molecule has 0 aromatic heterocycles. The first-order chi connectivity index (χ1) is 9.12. The fourth-order valence-corrected chi connectivity index (χ4v) is 3.51. The lowest BCUT2D eigenvalue weighted by Crippen LogP contribution is -2.34. The zero-order valence-corrected chi connectivity index (χ0v) is 11.4. The number of hydrogen-bond donors (Lipinski definition) is 1. The molecule has 0 aliphatic heterocycles. The lowest BCUT2D eigenvalue weighted by molar-refractivity contribution is -0.0278. The molecule has 2 aliphatic rings. The van der Waals surface area contributed by atoms with E-state index in [1.807, 2.05) is 0 Å². The van der Waals surface area contributed by atoms with Gasteiger partial charge in [0.05, 0.1) is 12.7 Å². The molecule has 2 unspecified atom stereocenters. The van der Waals surface area contributed by atoms with Crippen LogP contribution in [0, 0.1) is 17.7 Å². The summed E-state index contributed by atoms with van der Waals surface area (Å²) in [6, 6.07) is 4.79. The van der Waals surface area contributed by atoms with Gasteiger partial charge >= 0.3 is 0 Å². The third-order valence-electron chi connectivity index (χ3n) is 4.73. The number of halogens is 1. The average Bonchev–Trinajstić information content (AvgIpc) is 3.22. The summed E-state index contributed by atoms with van der Waals surface area (Å²) in [5, 5.41) is 10.9. The molecule has 1 aromatic rings. The molecule has 0 saturated heterocycles. The van der Waals surface area contributed by atoms with Crippen LogP contribution >= 0.6 is 0 Å². The molecule has 0 spiro atoms. The van der Waals surface area contributed by atoms with Crippen LogP contribution in [0.2, 0.25) is 0 Å². The highest BCUT2D eigenvalue weighted by Gasteiger charge is 2.42. The van der Waals surface area contributed by atoms with Gasteiger partial charge in [-0.25, -0.2) is 4.39 Å². The third kappa shape index (κ3) is 2.48. The second-order valence-electron chi connectivity index (χ2n) is 6.07. The fraction of sp³-hybridized carbons (Fsp3) is 0.625. The van der Waals surface area contributed by atoms with Crippen LogP contribution in [-0.2, 0) is 5.60 Å². The van der Waals surface area contributed by atoms with Gasteiger partial charge in [0.15, 0.2) is 0 Å². The van der Waals surface area contributed by atoms with Gasteiger partial charge < -0.3 is 9.84 Å². The Morgan fingerprint density at radius 2 is 2.05 bits per heavy atom. The zero-order valence-electron chi connectivity index (χ0n) is 11.4. The minimum Gasteiger partial charge on any atom is -0.497 e. The summed E-state index contributed by atoms with van der Waals surface area (Å²) >= 11 is 0. The van der Waals surface area contributed by atoms with E-state index in [1.54, 1.807) is 12.1 Å². The first-order valence-electron chi connectivity index (χ1n) is 7.19. The lowest BCUT2D eigenvalue weighted by Gasteiger charge is -2.37. The Balaban J connectivity index is 1.86. The second kappa shape index (κ2) is 4.78. The first kappa shape index (κ1) is 12.9. The lowest BCUT2D eigenvalue weighted by atomic mass is 9.72. The zero-order chi connectivity index (χ0) is 13.5. The Bertz CT molecular complexity index is 470. The van der Waals surface area contributed by atoms with E-state index in [0.717, 1.165) is 12.3 Å². The van der Waals surface area contributed by atoms with Crippen molar-refractivity contribution in [2.24, 2.45) is 11.8 Å². The summed E-state index contributed by atoms with van der Waals surface area (Å²) in [5.41, 5.74) is -0.541. The highest BCUT2D eigenvalue weighted by molar-refractivity contribution is 5.33. The second-order valence-corrected chi connectivity index (χ2v) is 6.07. The Morgan fingerprint density at radius 1 is 1.26 bits per heavy atom. The summed E-state index contributed by atoms with van der Waals surface area (Å²) in [7, 11) is 1.52. The van der Waals surface area contributed by atoms with Gasteiger partial charge in [-0.3, -0.25) is 0 Å². The van der Waals surface area contributed by atoms with E-state index in [1.165, 1.54) is 32.4 Å². The van der Waals surface area contributed by atoms with Gasteiger partial charge in [0, 0.05) is 11.6 Å². The number of ether oxygens (including phenoxy) is 1. The van der Waals surface area contributed by atoms with Crippen LogP contribution in [0.15, 0.2) is 18.2 Å². The molecule has 0 heterocycles. The number of benzene rings is 1. The summed E-state index contributed by atoms with van der Waals surface area (Å²) < 4.78 is 19.2. The Kier molecular flexibility index (Phi) is 3.25. The molecule has 1 N–H and O–H groups in total. The van der Waals surface area contributed by atoms with Gasteiger partial charge in [-0.15, -0.1) is 0 Å². The van der Waals surface area contributed by atoms with Gasteiger partial charge in [-0.2, -0.15) is 0 Å². The number of methoxy groups -OCH3 is 1. The summed E-state index contributed by atoms with van der Waals surface area (Å²) in [4.78, 5) is 0.